The molecular weight excluding hydrogens is 961 g/mol. The second kappa shape index (κ2) is 37.2. The minimum Gasteiger partial charge on any atom is -0.462 e. The molecule has 404 valence electrons. The van der Waals surface area contributed by atoms with Crippen LogP contribution >= 0.6 is 15.6 Å². The van der Waals surface area contributed by atoms with E-state index >= 15 is 0 Å². The molecule has 1 aliphatic heterocycles. The van der Waals surface area contributed by atoms with Crippen molar-refractivity contribution in [2.45, 2.75) is 192 Å². The Morgan fingerprint density at radius 2 is 1.34 bits per heavy atom. The average molecular weight is 1040 g/mol. The lowest BCUT2D eigenvalue weighted by Crippen LogP contribution is -2.36. The van der Waals surface area contributed by atoms with Crippen molar-refractivity contribution in [3.8, 4) is 0 Å². The Bertz CT molecular complexity index is 1960. The molecule has 7 N–H and O–H groups in total. The lowest BCUT2D eigenvalue weighted by atomic mass is 10.0. The predicted octanol–water partition coefficient (Wildman–Crippen LogP) is 9.16. The van der Waals surface area contributed by atoms with Crippen LogP contribution in [0.25, 0.3) is 0 Å². The van der Waals surface area contributed by atoms with E-state index in [1.807, 2.05) is 49.5 Å². The molecule has 0 radical (unpaired) electrons. The number of aliphatic hydroxyl groups excluding tert-OH is 3. The Balaban J connectivity index is 1.83. The van der Waals surface area contributed by atoms with E-state index in [0.29, 0.717) is 32.1 Å². The number of rotatable bonds is 40. The fourth-order valence-corrected chi connectivity index (χ4v) is 9.24. The van der Waals surface area contributed by atoms with Crippen LogP contribution in [-0.2, 0) is 46.3 Å². The molecule has 8 atom stereocenters. The predicted molar refractivity (Wildman–Crippen MR) is 271 cm³/mol. The molecule has 21 heteroatoms. The standard InChI is InChI=1S/C50H83N3O16P2/c1-4-41(54)32-28-24-20-16-12-7-5-6-8-14-18-22-26-30-34-46(56)67-42(37-64-45(55)33-29-25-21-17-13-10-9-11-15-19-23-27-31-40(2)3)38-65-70(60,61)69-71(62,63)66-39-43-47(57)48(58)49(68-43)53-36-35-44(51)52-50(53)59/h6-8,12,18,20,22,24,28,32,35-36,40-43,47-49,54,57-58H,4-5,9-11,13-17,19,21,23,25-27,29-31,33-34,37-39H2,1-3H3,(H,60,61)(H,62,63)(H2,51,52,59)/b8-6-,12-7-,22-18-,24-20-,32-28+/t41-,42-,43-,47-,48-,49-/m1/s1. The molecule has 71 heavy (non-hydrogen) atoms. The average Bonchev–Trinajstić information content (AvgIpc) is 3.59. The molecule has 2 heterocycles. The number of esters is 2. The summed E-state index contributed by atoms with van der Waals surface area (Å²) >= 11 is 0. The molecule has 1 fully saturated rings. The summed E-state index contributed by atoms with van der Waals surface area (Å²) in [5.41, 5.74) is 4.58. The quantitative estimate of drug-likeness (QED) is 0.0117. The van der Waals surface area contributed by atoms with E-state index < -0.39 is 89.8 Å². The van der Waals surface area contributed by atoms with Crippen molar-refractivity contribution in [3.05, 3.63) is 83.5 Å². The highest BCUT2D eigenvalue weighted by Gasteiger charge is 2.46. The topological polar surface area (TPSA) is 286 Å². The van der Waals surface area contributed by atoms with Crippen LogP contribution in [0.1, 0.15) is 162 Å². The van der Waals surface area contributed by atoms with E-state index in [-0.39, 0.29) is 18.7 Å². The Hall–Kier alpha value is -3.58. The number of hydrogen-bond acceptors (Lipinski definition) is 16. The highest BCUT2D eigenvalue weighted by atomic mass is 31.3. The lowest BCUT2D eigenvalue weighted by molar-refractivity contribution is -0.161. The van der Waals surface area contributed by atoms with Gasteiger partial charge in [0.15, 0.2) is 12.3 Å². The number of aromatic nitrogens is 2. The number of aliphatic hydroxyl groups is 3. The van der Waals surface area contributed by atoms with Gasteiger partial charge in [0.2, 0.25) is 0 Å². The van der Waals surface area contributed by atoms with Crippen molar-refractivity contribution in [2.75, 3.05) is 25.6 Å². The van der Waals surface area contributed by atoms with Crippen molar-refractivity contribution in [1.82, 2.24) is 9.55 Å². The minimum atomic E-state index is -5.44. The van der Waals surface area contributed by atoms with Gasteiger partial charge >= 0.3 is 33.3 Å². The fraction of sp³-hybridized carbons (Fsp3) is 0.680. The molecule has 0 amide bonds. The maximum Gasteiger partial charge on any atom is 0.481 e. The molecule has 0 bridgehead atoms. The van der Waals surface area contributed by atoms with E-state index in [1.165, 1.54) is 57.4 Å². The Morgan fingerprint density at radius 1 is 0.775 bits per heavy atom. The van der Waals surface area contributed by atoms with Crippen molar-refractivity contribution < 1.29 is 71.4 Å². The molecule has 1 saturated heterocycles. The summed E-state index contributed by atoms with van der Waals surface area (Å²) in [5.74, 6) is -0.618. The number of carbonyl (C=O) groups excluding carboxylic acids is 2. The number of nitrogen functional groups attached to an aromatic ring is 1. The first-order valence-corrected chi connectivity index (χ1v) is 28.3. The first-order valence-electron chi connectivity index (χ1n) is 25.3. The first kappa shape index (κ1) is 63.5. The summed E-state index contributed by atoms with van der Waals surface area (Å²) < 4.78 is 56.7. The van der Waals surface area contributed by atoms with Crippen LogP contribution in [0.3, 0.4) is 0 Å². The van der Waals surface area contributed by atoms with Crippen LogP contribution in [0.15, 0.2) is 77.8 Å². The number of allylic oxidation sites excluding steroid dienone is 9. The van der Waals surface area contributed by atoms with Gasteiger partial charge in [-0.1, -0.05) is 159 Å². The van der Waals surface area contributed by atoms with Gasteiger partial charge < -0.3 is 45.1 Å². The van der Waals surface area contributed by atoms with E-state index in [1.54, 1.807) is 6.08 Å². The number of carbonyl (C=O) groups is 2. The van der Waals surface area contributed by atoms with E-state index in [0.717, 1.165) is 55.2 Å². The number of ether oxygens (including phenoxy) is 3. The number of unbranched alkanes of at least 4 members (excludes halogenated alkanes) is 12. The zero-order chi connectivity index (χ0) is 52.3. The highest BCUT2D eigenvalue weighted by molar-refractivity contribution is 7.61. The van der Waals surface area contributed by atoms with Gasteiger partial charge in [0.05, 0.1) is 19.3 Å². The molecule has 19 nitrogen and oxygen atoms in total. The lowest BCUT2D eigenvalue weighted by Gasteiger charge is -2.21. The van der Waals surface area contributed by atoms with Crippen molar-refractivity contribution in [1.29, 1.82) is 0 Å². The number of nitrogens with two attached hydrogens (primary N) is 1. The highest BCUT2D eigenvalue weighted by Crippen LogP contribution is 2.60. The van der Waals surface area contributed by atoms with Gasteiger partial charge in [-0.15, -0.1) is 0 Å². The Morgan fingerprint density at radius 3 is 1.94 bits per heavy atom. The summed E-state index contributed by atoms with van der Waals surface area (Å²) in [6.07, 6.45) is 31.3. The third-order valence-electron chi connectivity index (χ3n) is 11.2. The van der Waals surface area contributed by atoms with Gasteiger partial charge in [0.25, 0.3) is 0 Å². The second-order valence-corrected chi connectivity index (χ2v) is 21.0. The molecule has 0 spiro atoms. The van der Waals surface area contributed by atoms with Gasteiger partial charge in [-0.05, 0) is 56.9 Å². The number of phosphoric acid groups is 2. The Labute approximate surface area is 420 Å². The summed E-state index contributed by atoms with van der Waals surface area (Å²) in [7, 11) is -10.9. The number of nitrogens with zero attached hydrogens (tertiary/aromatic N) is 2. The SMILES string of the molecule is CC[C@@H](O)/C=C/C=C\C/C=C\C/C=C\C/C=C\CCCC(=O)O[C@H](COC(=O)CCCCCCCCCCCCCCC(C)C)COP(=O)(O)OP(=O)(O)OC[C@H]1O[C@@H](n2ccc(N)nc2=O)[C@H](O)[C@@H]1O. The zero-order valence-corrected chi connectivity index (χ0v) is 43.8. The van der Waals surface area contributed by atoms with Gasteiger partial charge in [-0.3, -0.25) is 23.2 Å². The van der Waals surface area contributed by atoms with Crippen LogP contribution in [0.5, 0.6) is 0 Å². The third-order valence-corrected chi connectivity index (χ3v) is 13.8. The first-order chi connectivity index (χ1) is 33.9. The van der Waals surface area contributed by atoms with Crippen LogP contribution in [0.4, 0.5) is 5.82 Å². The largest absolute Gasteiger partial charge is 0.481 e. The fourth-order valence-electron chi connectivity index (χ4n) is 7.13. The molecule has 2 unspecified atom stereocenters. The van der Waals surface area contributed by atoms with E-state index in [4.69, 9.17) is 29.0 Å². The van der Waals surface area contributed by atoms with Gasteiger partial charge in [-0.25, -0.2) is 13.9 Å². The normalized spacial score (nSPS) is 20.2. The van der Waals surface area contributed by atoms with Crippen molar-refractivity contribution >= 4 is 33.4 Å². The summed E-state index contributed by atoms with van der Waals surface area (Å²) in [4.78, 5) is 61.9. The summed E-state index contributed by atoms with van der Waals surface area (Å²) in [5, 5.41) is 30.4. The minimum absolute atomic E-state index is 0.0433. The zero-order valence-electron chi connectivity index (χ0n) is 42.0. The maximum atomic E-state index is 12.8. The number of anilines is 1. The molecule has 1 aliphatic rings. The summed E-state index contributed by atoms with van der Waals surface area (Å²) in [6.45, 7) is 4.07. The molecule has 2 rings (SSSR count). The second-order valence-electron chi connectivity index (χ2n) is 18.0. The Kier molecular flexibility index (Phi) is 33.3. The molecular formula is C50H83N3O16P2. The van der Waals surface area contributed by atoms with E-state index in [2.05, 4.69) is 35.3 Å². The van der Waals surface area contributed by atoms with Crippen molar-refractivity contribution in [3.63, 3.8) is 0 Å². The molecule has 0 aliphatic carbocycles. The molecule has 0 aromatic carbocycles. The van der Waals surface area contributed by atoms with Crippen LogP contribution < -0.4 is 11.4 Å². The van der Waals surface area contributed by atoms with Crippen LogP contribution in [0, 0.1) is 5.92 Å². The number of phosphoric ester groups is 2. The van der Waals surface area contributed by atoms with Crippen LogP contribution in [-0.4, -0.2) is 96.9 Å². The molecule has 1 aromatic heterocycles. The smallest absolute Gasteiger partial charge is 0.462 e. The third kappa shape index (κ3) is 30.9. The maximum absolute atomic E-state index is 12.8. The van der Waals surface area contributed by atoms with Gasteiger partial charge in [0.1, 0.15) is 30.7 Å². The number of hydrogen-bond donors (Lipinski definition) is 6. The monoisotopic (exact) mass is 1040 g/mol. The van der Waals surface area contributed by atoms with Gasteiger partial charge in [0, 0.05) is 19.0 Å². The van der Waals surface area contributed by atoms with Gasteiger partial charge in [-0.2, -0.15) is 9.29 Å². The van der Waals surface area contributed by atoms with E-state index in [9.17, 15) is 48.6 Å². The van der Waals surface area contributed by atoms with Crippen LogP contribution in [0.2, 0.25) is 0 Å². The van der Waals surface area contributed by atoms with Crippen molar-refractivity contribution in [2.24, 2.45) is 5.92 Å². The molecule has 1 aromatic rings. The summed E-state index contributed by atoms with van der Waals surface area (Å²) in [6, 6.07) is 1.24. The molecule has 0 saturated carbocycles.